The van der Waals surface area contributed by atoms with Crippen molar-refractivity contribution in [1.29, 1.82) is 0 Å². The molecule has 0 aromatic rings. The van der Waals surface area contributed by atoms with Gasteiger partial charge in [0.25, 0.3) is 0 Å². The van der Waals surface area contributed by atoms with Gasteiger partial charge in [-0.3, -0.25) is 0 Å². The van der Waals surface area contributed by atoms with Crippen molar-refractivity contribution in [3.63, 3.8) is 0 Å². The molecule has 13 heavy (non-hydrogen) atoms. The molecule has 0 bridgehead atoms. The topological polar surface area (TPSA) is 173 Å². The van der Waals surface area contributed by atoms with Gasteiger partial charge < -0.3 is 0 Å². The van der Waals surface area contributed by atoms with E-state index >= 15 is 0 Å². The zero-order chi connectivity index (χ0) is 10.7. The van der Waals surface area contributed by atoms with Gasteiger partial charge in [-0.05, 0) is 0 Å². The van der Waals surface area contributed by atoms with Crippen molar-refractivity contribution >= 4 is 53.3 Å². The van der Waals surface area contributed by atoms with E-state index in [0.29, 0.717) is 0 Å². The summed E-state index contributed by atoms with van der Waals surface area (Å²) in [6.07, 6.45) is 0. The molecule has 6 N–H and O–H groups in total. The maximum absolute atomic E-state index is 8.81. The molecule has 13 heteroatoms. The van der Waals surface area contributed by atoms with Crippen LogP contribution in [0, 0.1) is 0 Å². The van der Waals surface area contributed by atoms with Gasteiger partial charge in [0.2, 0.25) is 0 Å². The van der Waals surface area contributed by atoms with Gasteiger partial charge in [-0.1, -0.05) is 0 Å². The van der Waals surface area contributed by atoms with Crippen molar-refractivity contribution in [2.24, 2.45) is 0 Å². The standard InChI is InChI=1S/B.3GeH2O3/c;3*2-1(3)4/h;3*2-3H. The van der Waals surface area contributed by atoms with Gasteiger partial charge in [0.1, 0.15) is 0 Å². The molecule has 0 amide bonds. The Balaban J connectivity index is -0.0000000450. The van der Waals surface area contributed by atoms with E-state index in [0.717, 1.165) is 0 Å². The fraction of sp³-hybridized carbons (Fsp3) is 0. The molecule has 0 heterocycles. The van der Waals surface area contributed by atoms with Gasteiger partial charge in [-0.2, -0.15) is 0 Å². The van der Waals surface area contributed by atoms with E-state index in [2.05, 4.69) is 0 Å². The van der Waals surface area contributed by atoms with Crippen molar-refractivity contribution in [1.82, 2.24) is 0 Å². The third kappa shape index (κ3) is 103000. The Bertz CT molecular complexity index is 112. The monoisotopic (exact) mass is 383 g/mol. The van der Waals surface area contributed by atoms with Crippen LogP contribution in [0.5, 0.6) is 0 Å². The molecule has 0 aliphatic carbocycles. The van der Waals surface area contributed by atoms with Crippen molar-refractivity contribution in [3.8, 4) is 0 Å². The Morgan fingerprint density at radius 2 is 0.538 bits per heavy atom. The summed E-state index contributed by atoms with van der Waals surface area (Å²) < 4.78 is 69.8. The Morgan fingerprint density at radius 1 is 0.538 bits per heavy atom. The molecule has 0 fully saturated rings. The second-order valence-corrected chi connectivity index (χ2v) is 4.40. The van der Waals surface area contributed by atoms with E-state index in [1.54, 1.807) is 0 Å². The first-order valence-corrected chi connectivity index (χ1v) is 10.2. The summed E-state index contributed by atoms with van der Waals surface area (Å²) in [5, 5.41) is 0. The molecule has 9 nitrogen and oxygen atoms in total. The molecule has 0 aliphatic rings. The summed E-state index contributed by atoms with van der Waals surface area (Å²) in [7, 11) is 0. The molecule has 0 unspecified atom stereocenters. The van der Waals surface area contributed by atoms with Crippen LogP contribution in [-0.2, 0) is 11.3 Å². The molecular formula is H6BGe3O9. The van der Waals surface area contributed by atoms with Crippen LogP contribution in [0.25, 0.3) is 0 Å². The van der Waals surface area contributed by atoms with Crippen LogP contribution < -0.4 is 0 Å². The van der Waals surface area contributed by atoms with E-state index in [-0.39, 0.29) is 8.41 Å². The quantitative estimate of drug-likeness (QED) is 0.225. The molecule has 0 spiro atoms. The fourth-order valence-corrected chi connectivity index (χ4v) is 0. The van der Waals surface area contributed by atoms with Crippen LogP contribution in [0.15, 0.2) is 0 Å². The molecule has 0 saturated carbocycles. The van der Waals surface area contributed by atoms with Crippen LogP contribution in [0.3, 0.4) is 0 Å². The van der Waals surface area contributed by atoms with E-state index in [9.17, 15) is 0 Å². The average Bonchev–Trinajstić information content (AvgIpc) is 1.54. The molecular weight excluding hydrogens is 373 g/mol. The molecule has 3 radical (unpaired) electrons. The summed E-state index contributed by atoms with van der Waals surface area (Å²) >= 11 is -10.8. The molecule has 0 atom stereocenters. The number of hydrogen-bond acceptors (Lipinski definition) is 3. The second-order valence-electron chi connectivity index (χ2n) is 0.848. The molecule has 0 aliphatic heterocycles. The van der Waals surface area contributed by atoms with Crippen LogP contribution in [0.4, 0.5) is 0 Å². The van der Waals surface area contributed by atoms with Gasteiger partial charge in [0.05, 0.1) is 0 Å². The normalized spacial score (nSPS) is 5.54. The molecule has 0 rings (SSSR count). The predicted octanol–water partition coefficient (Wildman–Crippen LogP) is -5.22. The van der Waals surface area contributed by atoms with E-state index < -0.39 is 44.9 Å². The third-order valence-electron chi connectivity index (χ3n) is 0. The summed E-state index contributed by atoms with van der Waals surface area (Å²) in [5.41, 5.74) is 0. The van der Waals surface area contributed by atoms with Crippen LogP contribution >= 0.6 is 0 Å². The second kappa shape index (κ2) is 17.8. The summed E-state index contributed by atoms with van der Waals surface area (Å²) in [6, 6.07) is 0. The first-order valence-electron chi connectivity index (χ1n) is 1.95. The summed E-state index contributed by atoms with van der Waals surface area (Å²) in [5.74, 6) is 0. The van der Waals surface area contributed by atoms with Crippen LogP contribution in [0.1, 0.15) is 0 Å². The fourth-order valence-electron chi connectivity index (χ4n) is 0. The van der Waals surface area contributed by atoms with Crippen molar-refractivity contribution in [3.05, 3.63) is 0 Å². The van der Waals surface area contributed by atoms with Gasteiger partial charge in [-0.25, -0.2) is 0 Å². The van der Waals surface area contributed by atoms with Crippen LogP contribution in [0.2, 0.25) is 0 Å². The Kier molecular flexibility index (Phi) is 31.7. The van der Waals surface area contributed by atoms with E-state index in [4.69, 9.17) is 36.1 Å². The number of rotatable bonds is 0. The first kappa shape index (κ1) is 23.1. The first-order chi connectivity index (χ1) is 5.20. The van der Waals surface area contributed by atoms with Gasteiger partial charge in [0, 0.05) is 8.41 Å². The van der Waals surface area contributed by atoms with Crippen LogP contribution in [-0.4, -0.2) is 78.1 Å². The zero-order valence-corrected chi connectivity index (χ0v) is 12.3. The Morgan fingerprint density at radius 3 is 0.538 bits per heavy atom. The SMILES string of the molecule is [B].[O]=[Ge]([OH])[OH].[O]=[Ge]([OH])[OH].[O]=[Ge]([OH])[OH]. The minimum absolute atomic E-state index is 0. The minimum atomic E-state index is -3.58. The molecule has 0 aromatic heterocycles. The van der Waals surface area contributed by atoms with Gasteiger partial charge in [0.15, 0.2) is 0 Å². The summed E-state index contributed by atoms with van der Waals surface area (Å²) in [4.78, 5) is 0. The molecule has 75 valence electrons. The van der Waals surface area contributed by atoms with E-state index in [1.807, 2.05) is 0 Å². The predicted molar refractivity (Wildman–Crippen MR) is 38.4 cm³/mol. The maximum atomic E-state index is 8.81. The van der Waals surface area contributed by atoms with Crippen molar-refractivity contribution < 1.29 is 36.1 Å². The average molecular weight is 379 g/mol. The van der Waals surface area contributed by atoms with E-state index in [1.165, 1.54) is 0 Å². The van der Waals surface area contributed by atoms with Gasteiger partial charge >= 0.3 is 81.0 Å². The van der Waals surface area contributed by atoms with Crippen molar-refractivity contribution in [2.75, 3.05) is 0 Å². The molecule has 0 aromatic carbocycles. The Labute approximate surface area is 89.2 Å². The van der Waals surface area contributed by atoms with Gasteiger partial charge in [-0.15, -0.1) is 0 Å². The zero-order valence-electron chi connectivity index (χ0n) is 5.99. The number of hydrogen-bond donors (Lipinski definition) is 6. The third-order valence-corrected chi connectivity index (χ3v) is 0. The molecule has 0 saturated heterocycles. The Hall–Kier alpha value is -0.106. The summed E-state index contributed by atoms with van der Waals surface area (Å²) in [6.45, 7) is 0. The van der Waals surface area contributed by atoms with Crippen molar-refractivity contribution in [2.45, 2.75) is 0 Å².